The highest BCUT2D eigenvalue weighted by molar-refractivity contribution is 14.1. The van der Waals surface area contributed by atoms with Gasteiger partial charge in [-0.2, -0.15) is 0 Å². The number of phenols is 2. The highest BCUT2D eigenvalue weighted by Gasteiger charge is 2.08. The van der Waals surface area contributed by atoms with Crippen LogP contribution in [-0.4, -0.2) is 14.6 Å². The first-order valence-electron chi connectivity index (χ1n) is 3.73. The molecule has 3 heteroatoms. The van der Waals surface area contributed by atoms with E-state index in [-0.39, 0.29) is 11.5 Å². The Kier molecular flexibility index (Phi) is 3.20. The zero-order valence-corrected chi connectivity index (χ0v) is 8.95. The van der Waals surface area contributed by atoms with Crippen LogP contribution in [0.15, 0.2) is 18.2 Å². The Morgan fingerprint density at radius 2 is 2.08 bits per heavy atom. The van der Waals surface area contributed by atoms with Crippen molar-refractivity contribution in [2.24, 2.45) is 0 Å². The second-order valence-electron chi connectivity index (χ2n) is 2.80. The molecule has 0 aliphatic carbocycles. The van der Waals surface area contributed by atoms with Crippen LogP contribution in [0, 0.1) is 0 Å². The number of aromatic hydroxyl groups is 2. The van der Waals surface area contributed by atoms with E-state index in [0.29, 0.717) is 5.92 Å². The predicted molar refractivity (Wildman–Crippen MR) is 57.1 cm³/mol. The van der Waals surface area contributed by atoms with Crippen LogP contribution < -0.4 is 0 Å². The maximum absolute atomic E-state index is 9.43. The van der Waals surface area contributed by atoms with Crippen LogP contribution in [0.5, 0.6) is 11.5 Å². The Hall–Kier alpha value is -0.450. The number of phenolic OH excluding ortho intramolecular Hbond substituents is 2. The quantitative estimate of drug-likeness (QED) is 0.645. The average Bonchev–Trinajstić information content (AvgIpc) is 2.03. The van der Waals surface area contributed by atoms with Crippen molar-refractivity contribution in [2.75, 3.05) is 4.43 Å². The van der Waals surface area contributed by atoms with E-state index in [1.165, 1.54) is 6.07 Å². The van der Waals surface area contributed by atoms with Gasteiger partial charge in [0.15, 0.2) is 0 Å². The number of halogens is 1. The van der Waals surface area contributed by atoms with Gasteiger partial charge in [0.1, 0.15) is 11.5 Å². The highest BCUT2D eigenvalue weighted by atomic mass is 127. The van der Waals surface area contributed by atoms with Gasteiger partial charge in [0.05, 0.1) is 0 Å². The highest BCUT2D eigenvalue weighted by Crippen LogP contribution is 2.29. The molecule has 66 valence electrons. The Morgan fingerprint density at radius 3 is 2.58 bits per heavy atom. The van der Waals surface area contributed by atoms with Crippen molar-refractivity contribution in [3.05, 3.63) is 23.8 Å². The molecule has 2 nitrogen and oxygen atoms in total. The summed E-state index contributed by atoms with van der Waals surface area (Å²) in [4.78, 5) is 0. The van der Waals surface area contributed by atoms with Gasteiger partial charge in [0.2, 0.25) is 0 Å². The second-order valence-corrected chi connectivity index (χ2v) is 3.68. The van der Waals surface area contributed by atoms with Crippen LogP contribution in [0.2, 0.25) is 0 Å². The van der Waals surface area contributed by atoms with Crippen LogP contribution >= 0.6 is 22.6 Å². The fourth-order valence-electron chi connectivity index (χ4n) is 1.03. The van der Waals surface area contributed by atoms with E-state index in [4.69, 9.17) is 5.11 Å². The predicted octanol–water partition coefficient (Wildman–Crippen LogP) is 2.64. The Bertz CT molecular complexity index is 273. The summed E-state index contributed by atoms with van der Waals surface area (Å²) in [6, 6.07) is 4.73. The van der Waals surface area contributed by atoms with E-state index in [0.717, 1.165) is 9.99 Å². The van der Waals surface area contributed by atoms with E-state index in [9.17, 15) is 5.11 Å². The summed E-state index contributed by atoms with van der Waals surface area (Å²) >= 11 is 2.27. The van der Waals surface area contributed by atoms with Crippen LogP contribution in [0.4, 0.5) is 0 Å². The molecule has 1 aromatic carbocycles. The van der Waals surface area contributed by atoms with Crippen LogP contribution in [0.25, 0.3) is 0 Å². The topological polar surface area (TPSA) is 40.5 Å². The molecule has 1 rings (SSSR count). The summed E-state index contributed by atoms with van der Waals surface area (Å²) in [6.45, 7) is 2.04. The second kappa shape index (κ2) is 3.98. The van der Waals surface area contributed by atoms with Gasteiger partial charge in [0, 0.05) is 10.5 Å². The van der Waals surface area contributed by atoms with Crippen molar-refractivity contribution >= 4 is 22.6 Å². The van der Waals surface area contributed by atoms with Gasteiger partial charge >= 0.3 is 0 Å². The zero-order valence-electron chi connectivity index (χ0n) is 6.79. The molecule has 0 spiro atoms. The van der Waals surface area contributed by atoms with Crippen molar-refractivity contribution in [3.63, 3.8) is 0 Å². The first-order valence-corrected chi connectivity index (χ1v) is 5.25. The van der Waals surface area contributed by atoms with Crippen molar-refractivity contribution in [1.29, 1.82) is 0 Å². The minimum atomic E-state index is 0.108. The number of hydrogen-bond acceptors (Lipinski definition) is 2. The summed E-state index contributed by atoms with van der Waals surface area (Å²) < 4.78 is 0.954. The zero-order chi connectivity index (χ0) is 9.14. The van der Waals surface area contributed by atoms with Crippen LogP contribution in [-0.2, 0) is 0 Å². The van der Waals surface area contributed by atoms with Gasteiger partial charge in [-0.3, -0.25) is 0 Å². The van der Waals surface area contributed by atoms with Gasteiger partial charge in [-0.1, -0.05) is 35.6 Å². The number of rotatable bonds is 2. The number of hydrogen-bond donors (Lipinski definition) is 2. The molecule has 0 aliphatic rings. The van der Waals surface area contributed by atoms with Gasteiger partial charge in [0.25, 0.3) is 0 Å². The Balaban J connectivity index is 3.01. The lowest BCUT2D eigenvalue weighted by Crippen LogP contribution is -1.93. The molecule has 0 saturated carbocycles. The number of alkyl halides is 1. The van der Waals surface area contributed by atoms with Gasteiger partial charge in [-0.15, -0.1) is 0 Å². The molecule has 0 bridgehead atoms. The standard InChI is InChI=1S/C9H11IO2/c1-6(5-10)8-3-2-7(11)4-9(8)12/h2-4,6,11-12H,5H2,1H3. The van der Waals surface area contributed by atoms with E-state index in [1.807, 2.05) is 6.92 Å². The van der Waals surface area contributed by atoms with Gasteiger partial charge < -0.3 is 10.2 Å². The molecule has 0 fully saturated rings. The van der Waals surface area contributed by atoms with E-state index in [2.05, 4.69) is 22.6 Å². The van der Waals surface area contributed by atoms with Crippen molar-refractivity contribution in [2.45, 2.75) is 12.8 Å². The lowest BCUT2D eigenvalue weighted by atomic mass is 10.0. The number of benzene rings is 1. The van der Waals surface area contributed by atoms with Crippen molar-refractivity contribution in [3.8, 4) is 11.5 Å². The molecule has 1 aromatic rings. The molecular weight excluding hydrogens is 267 g/mol. The monoisotopic (exact) mass is 278 g/mol. The van der Waals surface area contributed by atoms with E-state index >= 15 is 0 Å². The molecule has 0 saturated heterocycles. The molecule has 0 radical (unpaired) electrons. The Labute approximate surface area is 85.4 Å². The molecular formula is C9H11IO2. The lowest BCUT2D eigenvalue weighted by Gasteiger charge is -2.09. The van der Waals surface area contributed by atoms with Gasteiger partial charge in [-0.25, -0.2) is 0 Å². The third-order valence-corrected chi connectivity index (χ3v) is 3.10. The molecule has 2 N–H and O–H groups in total. The summed E-state index contributed by atoms with van der Waals surface area (Å²) in [7, 11) is 0. The summed E-state index contributed by atoms with van der Waals surface area (Å²) in [6.07, 6.45) is 0. The third kappa shape index (κ3) is 2.03. The first kappa shape index (κ1) is 9.64. The smallest absolute Gasteiger partial charge is 0.122 e. The molecule has 0 aromatic heterocycles. The summed E-state index contributed by atoms with van der Waals surface area (Å²) in [5, 5.41) is 18.5. The average molecular weight is 278 g/mol. The fourth-order valence-corrected chi connectivity index (χ4v) is 1.51. The van der Waals surface area contributed by atoms with E-state index in [1.54, 1.807) is 12.1 Å². The van der Waals surface area contributed by atoms with Crippen LogP contribution in [0.1, 0.15) is 18.4 Å². The molecule has 1 atom stereocenters. The largest absolute Gasteiger partial charge is 0.508 e. The molecule has 0 amide bonds. The molecule has 0 aliphatic heterocycles. The van der Waals surface area contributed by atoms with Crippen LogP contribution in [0.3, 0.4) is 0 Å². The Morgan fingerprint density at radius 1 is 1.42 bits per heavy atom. The normalized spacial score (nSPS) is 12.8. The first-order chi connectivity index (χ1) is 5.65. The molecule has 1 unspecified atom stereocenters. The minimum absolute atomic E-state index is 0.108. The van der Waals surface area contributed by atoms with E-state index < -0.39 is 0 Å². The SMILES string of the molecule is CC(CI)c1ccc(O)cc1O. The van der Waals surface area contributed by atoms with Gasteiger partial charge in [-0.05, 0) is 17.5 Å². The fraction of sp³-hybridized carbons (Fsp3) is 0.333. The van der Waals surface area contributed by atoms with Crippen molar-refractivity contribution in [1.82, 2.24) is 0 Å². The lowest BCUT2D eigenvalue weighted by molar-refractivity contribution is 0.444. The summed E-state index contributed by atoms with van der Waals surface area (Å²) in [5.41, 5.74) is 0.891. The maximum atomic E-state index is 9.43. The van der Waals surface area contributed by atoms with Crippen molar-refractivity contribution < 1.29 is 10.2 Å². The third-order valence-electron chi connectivity index (χ3n) is 1.78. The summed E-state index contributed by atoms with van der Waals surface area (Å²) in [5.74, 6) is 0.613. The minimum Gasteiger partial charge on any atom is -0.508 e. The molecule has 12 heavy (non-hydrogen) atoms. The molecule has 0 heterocycles. The maximum Gasteiger partial charge on any atom is 0.122 e.